The fraction of sp³-hybridized carbons (Fsp3) is 0.941. The molecule has 0 aromatic rings. The maximum absolute atomic E-state index is 12.2. The van der Waals surface area contributed by atoms with Gasteiger partial charge in [-0.2, -0.15) is 0 Å². The van der Waals surface area contributed by atoms with Gasteiger partial charge in [-0.05, 0) is 70.9 Å². The molecule has 2 saturated carbocycles. The van der Waals surface area contributed by atoms with Crippen molar-refractivity contribution in [2.45, 2.75) is 82.3 Å². The van der Waals surface area contributed by atoms with Gasteiger partial charge in [-0.15, -0.1) is 0 Å². The molecule has 3 atom stereocenters. The third-order valence-electron chi connectivity index (χ3n) is 6.00. The summed E-state index contributed by atoms with van der Waals surface area (Å²) in [7, 11) is 0. The number of hydrogen-bond acceptors (Lipinski definition) is 3. The van der Waals surface area contributed by atoms with Gasteiger partial charge in [0.05, 0.1) is 0 Å². The molecule has 0 aromatic carbocycles. The van der Waals surface area contributed by atoms with Crippen LogP contribution in [0.3, 0.4) is 0 Å². The highest BCUT2D eigenvalue weighted by atomic mass is 16.1. The first-order valence-electron chi connectivity index (χ1n) is 8.93. The Kier molecular flexibility index (Phi) is 4.55. The molecule has 0 bridgehead atoms. The monoisotopic (exact) mass is 293 g/mol. The zero-order valence-corrected chi connectivity index (χ0v) is 13.4. The van der Waals surface area contributed by atoms with Crippen molar-refractivity contribution in [2.75, 3.05) is 13.1 Å². The lowest BCUT2D eigenvalue weighted by Gasteiger charge is -2.38. The van der Waals surface area contributed by atoms with Gasteiger partial charge in [-0.1, -0.05) is 12.8 Å². The lowest BCUT2D eigenvalue weighted by molar-refractivity contribution is -0.126. The SMILES string of the molecule is CC1CCCCN1CCC1CCCC1(NC1CC1)C(N)=O. The van der Waals surface area contributed by atoms with E-state index in [-0.39, 0.29) is 5.91 Å². The number of piperidine rings is 1. The van der Waals surface area contributed by atoms with Gasteiger partial charge in [0.15, 0.2) is 0 Å². The first-order valence-corrected chi connectivity index (χ1v) is 8.93. The van der Waals surface area contributed by atoms with Gasteiger partial charge in [0, 0.05) is 12.1 Å². The Labute approximate surface area is 128 Å². The lowest BCUT2D eigenvalue weighted by atomic mass is 9.83. The maximum atomic E-state index is 12.2. The summed E-state index contributed by atoms with van der Waals surface area (Å²) >= 11 is 0. The molecule has 3 rings (SSSR count). The van der Waals surface area contributed by atoms with E-state index in [0.29, 0.717) is 18.0 Å². The third-order valence-corrected chi connectivity index (χ3v) is 6.00. The molecule has 3 N–H and O–H groups in total. The lowest BCUT2D eigenvalue weighted by Crippen LogP contribution is -2.59. The van der Waals surface area contributed by atoms with Crippen LogP contribution in [0.25, 0.3) is 0 Å². The predicted octanol–water partition coefficient (Wildman–Crippen LogP) is 2.03. The van der Waals surface area contributed by atoms with Crippen molar-refractivity contribution in [3.63, 3.8) is 0 Å². The molecule has 4 nitrogen and oxygen atoms in total. The van der Waals surface area contributed by atoms with E-state index >= 15 is 0 Å². The molecular weight excluding hydrogens is 262 g/mol. The van der Waals surface area contributed by atoms with Gasteiger partial charge in [0.2, 0.25) is 5.91 Å². The van der Waals surface area contributed by atoms with Gasteiger partial charge in [-0.3, -0.25) is 4.79 Å². The molecule has 0 aromatic heterocycles. The number of hydrogen-bond donors (Lipinski definition) is 2. The highest BCUT2D eigenvalue weighted by Gasteiger charge is 2.49. The van der Waals surface area contributed by atoms with Crippen molar-refractivity contribution in [1.29, 1.82) is 0 Å². The summed E-state index contributed by atoms with van der Waals surface area (Å²) in [4.78, 5) is 14.8. The van der Waals surface area contributed by atoms with Crippen LogP contribution in [0.1, 0.15) is 64.7 Å². The standard InChI is InChI=1S/C17H31N3O/c1-13-5-2-3-11-20(13)12-9-14-6-4-10-17(14,16(18)21)19-15-7-8-15/h13-15,19H,2-12H2,1H3,(H2,18,21). The van der Waals surface area contributed by atoms with Crippen LogP contribution in [-0.4, -0.2) is 41.5 Å². The number of nitrogens with two attached hydrogens (primary N) is 1. The predicted molar refractivity (Wildman–Crippen MR) is 84.9 cm³/mol. The number of carbonyl (C=O) groups is 1. The minimum Gasteiger partial charge on any atom is -0.368 e. The van der Waals surface area contributed by atoms with Gasteiger partial charge < -0.3 is 16.0 Å². The number of primary amides is 1. The van der Waals surface area contributed by atoms with E-state index in [1.165, 1.54) is 38.6 Å². The van der Waals surface area contributed by atoms with Crippen LogP contribution in [0.2, 0.25) is 0 Å². The minimum atomic E-state index is -0.403. The second-order valence-corrected chi connectivity index (χ2v) is 7.51. The largest absolute Gasteiger partial charge is 0.368 e. The Hall–Kier alpha value is -0.610. The van der Waals surface area contributed by atoms with E-state index < -0.39 is 5.54 Å². The van der Waals surface area contributed by atoms with E-state index in [1.54, 1.807) is 0 Å². The number of nitrogens with zero attached hydrogens (tertiary/aromatic N) is 1. The Morgan fingerprint density at radius 1 is 1.24 bits per heavy atom. The average molecular weight is 293 g/mol. The summed E-state index contributed by atoms with van der Waals surface area (Å²) in [5.74, 6) is 0.327. The molecule has 1 amide bonds. The van der Waals surface area contributed by atoms with Gasteiger partial charge >= 0.3 is 0 Å². The Balaban J connectivity index is 1.60. The van der Waals surface area contributed by atoms with E-state index in [1.807, 2.05) is 0 Å². The summed E-state index contributed by atoms with van der Waals surface area (Å²) in [6, 6.07) is 1.26. The van der Waals surface area contributed by atoms with Crippen LogP contribution in [0.4, 0.5) is 0 Å². The summed E-state index contributed by atoms with van der Waals surface area (Å²) in [5.41, 5.74) is 5.42. The van der Waals surface area contributed by atoms with Gasteiger partial charge in [0.25, 0.3) is 0 Å². The summed E-state index contributed by atoms with van der Waals surface area (Å²) in [6.07, 6.45) is 10.8. The highest BCUT2D eigenvalue weighted by Crippen LogP contribution is 2.40. The van der Waals surface area contributed by atoms with Crippen molar-refractivity contribution in [3.05, 3.63) is 0 Å². The molecule has 2 aliphatic carbocycles. The van der Waals surface area contributed by atoms with Crippen molar-refractivity contribution in [3.8, 4) is 0 Å². The molecule has 21 heavy (non-hydrogen) atoms. The topological polar surface area (TPSA) is 58.4 Å². The number of carbonyl (C=O) groups excluding carboxylic acids is 1. The second-order valence-electron chi connectivity index (χ2n) is 7.51. The molecule has 3 unspecified atom stereocenters. The first-order chi connectivity index (χ1) is 10.1. The van der Waals surface area contributed by atoms with Crippen LogP contribution >= 0.6 is 0 Å². The van der Waals surface area contributed by atoms with Crippen LogP contribution in [-0.2, 0) is 4.79 Å². The Morgan fingerprint density at radius 2 is 2.05 bits per heavy atom. The van der Waals surface area contributed by atoms with Gasteiger partial charge in [0.1, 0.15) is 5.54 Å². The zero-order valence-electron chi connectivity index (χ0n) is 13.4. The molecule has 1 aliphatic heterocycles. The van der Waals surface area contributed by atoms with E-state index in [2.05, 4.69) is 17.1 Å². The normalized spacial score (nSPS) is 37.8. The van der Waals surface area contributed by atoms with Crippen LogP contribution in [0, 0.1) is 5.92 Å². The average Bonchev–Trinajstić information content (AvgIpc) is 3.17. The van der Waals surface area contributed by atoms with Crippen molar-refractivity contribution in [2.24, 2.45) is 11.7 Å². The Bertz CT molecular complexity index is 382. The fourth-order valence-corrected chi connectivity index (χ4v) is 4.46. The number of likely N-dealkylation sites (tertiary alicyclic amines) is 1. The number of rotatable bonds is 6. The molecule has 0 radical (unpaired) electrons. The molecule has 0 spiro atoms. The maximum Gasteiger partial charge on any atom is 0.238 e. The second kappa shape index (κ2) is 6.25. The number of nitrogens with one attached hydrogen (secondary N) is 1. The van der Waals surface area contributed by atoms with Crippen LogP contribution < -0.4 is 11.1 Å². The molecule has 1 saturated heterocycles. The Morgan fingerprint density at radius 3 is 2.71 bits per heavy atom. The molecular formula is C17H31N3O. The smallest absolute Gasteiger partial charge is 0.238 e. The molecule has 3 aliphatic rings. The summed E-state index contributed by atoms with van der Waals surface area (Å²) in [5, 5.41) is 3.62. The van der Waals surface area contributed by atoms with Crippen molar-refractivity contribution in [1.82, 2.24) is 10.2 Å². The quantitative estimate of drug-likeness (QED) is 0.788. The van der Waals surface area contributed by atoms with Crippen molar-refractivity contribution >= 4 is 5.91 Å². The molecule has 4 heteroatoms. The molecule has 3 fully saturated rings. The summed E-state index contributed by atoms with van der Waals surface area (Å²) < 4.78 is 0. The van der Waals surface area contributed by atoms with E-state index in [0.717, 1.165) is 32.2 Å². The van der Waals surface area contributed by atoms with E-state index in [9.17, 15) is 4.79 Å². The molecule has 1 heterocycles. The first kappa shape index (κ1) is 15.3. The van der Waals surface area contributed by atoms with Crippen LogP contribution in [0.15, 0.2) is 0 Å². The van der Waals surface area contributed by atoms with Crippen LogP contribution in [0.5, 0.6) is 0 Å². The van der Waals surface area contributed by atoms with Crippen molar-refractivity contribution < 1.29 is 4.79 Å². The molecule has 120 valence electrons. The van der Waals surface area contributed by atoms with Gasteiger partial charge in [-0.25, -0.2) is 0 Å². The van der Waals surface area contributed by atoms with E-state index in [4.69, 9.17) is 5.73 Å². The summed E-state index contributed by atoms with van der Waals surface area (Å²) in [6.45, 7) is 4.71. The zero-order chi connectivity index (χ0) is 14.9. The minimum absolute atomic E-state index is 0.108. The highest BCUT2D eigenvalue weighted by molar-refractivity contribution is 5.85. The third kappa shape index (κ3) is 3.26. The fourth-order valence-electron chi connectivity index (χ4n) is 4.46. The number of amides is 1.